The number of hydrogen-bond donors (Lipinski definition) is 1. The van der Waals surface area contributed by atoms with Gasteiger partial charge in [-0.25, -0.2) is 4.39 Å². The van der Waals surface area contributed by atoms with Gasteiger partial charge < -0.3 is 10.5 Å². The molecule has 2 N–H and O–H groups in total. The summed E-state index contributed by atoms with van der Waals surface area (Å²) in [6.07, 6.45) is 2.44. The number of halogens is 2. The average molecular weight is 348 g/mol. The molecule has 1 aliphatic carbocycles. The van der Waals surface area contributed by atoms with Crippen LogP contribution in [0.3, 0.4) is 0 Å². The summed E-state index contributed by atoms with van der Waals surface area (Å²) in [5.41, 5.74) is 6.41. The van der Waals surface area contributed by atoms with Gasteiger partial charge in [0.2, 0.25) is 0 Å². The molecule has 6 heteroatoms. The molecule has 0 saturated heterocycles. The number of rotatable bonds is 5. The van der Waals surface area contributed by atoms with Gasteiger partial charge in [0.1, 0.15) is 5.82 Å². The molecule has 1 saturated carbocycles. The Balaban J connectivity index is 1.99. The SMILES string of the molecule is COC(=O)CC1(CSc2cc(F)c(Br)cc2N)CC1. The van der Waals surface area contributed by atoms with Crippen LogP contribution >= 0.6 is 27.7 Å². The van der Waals surface area contributed by atoms with E-state index in [0.717, 1.165) is 23.5 Å². The molecular weight excluding hydrogens is 333 g/mol. The summed E-state index contributed by atoms with van der Waals surface area (Å²) in [4.78, 5) is 12.0. The second-order valence-electron chi connectivity index (χ2n) is 4.85. The van der Waals surface area contributed by atoms with Gasteiger partial charge in [-0.1, -0.05) is 0 Å². The molecule has 3 nitrogen and oxygen atoms in total. The maximum Gasteiger partial charge on any atom is 0.306 e. The summed E-state index contributed by atoms with van der Waals surface area (Å²) >= 11 is 4.60. The van der Waals surface area contributed by atoms with E-state index in [0.29, 0.717) is 16.6 Å². The van der Waals surface area contributed by atoms with Crippen LogP contribution in [0.4, 0.5) is 10.1 Å². The fourth-order valence-electron chi connectivity index (χ4n) is 1.83. The van der Waals surface area contributed by atoms with Gasteiger partial charge in [-0.05, 0) is 46.3 Å². The Hall–Kier alpha value is -0.750. The van der Waals surface area contributed by atoms with Gasteiger partial charge in [-0.2, -0.15) is 0 Å². The Kier molecular flexibility index (Phi) is 4.40. The average Bonchev–Trinajstić information content (AvgIpc) is 3.12. The van der Waals surface area contributed by atoms with Crippen molar-refractivity contribution < 1.29 is 13.9 Å². The van der Waals surface area contributed by atoms with E-state index in [2.05, 4.69) is 15.9 Å². The van der Waals surface area contributed by atoms with E-state index < -0.39 is 0 Å². The third-order valence-electron chi connectivity index (χ3n) is 3.29. The minimum atomic E-state index is -0.325. The van der Waals surface area contributed by atoms with Crippen LogP contribution in [0.2, 0.25) is 0 Å². The molecule has 2 rings (SSSR count). The predicted octanol–water partition coefficient (Wildman–Crippen LogP) is 3.61. The molecule has 1 aromatic carbocycles. The number of carbonyl (C=O) groups is 1. The number of nitrogens with two attached hydrogens (primary N) is 1. The fraction of sp³-hybridized carbons (Fsp3) is 0.462. The van der Waals surface area contributed by atoms with Crippen LogP contribution in [-0.2, 0) is 9.53 Å². The number of thioether (sulfide) groups is 1. The number of nitrogen functional groups attached to an aromatic ring is 1. The van der Waals surface area contributed by atoms with Gasteiger partial charge in [-0.15, -0.1) is 11.8 Å². The van der Waals surface area contributed by atoms with Gasteiger partial charge in [-0.3, -0.25) is 4.79 Å². The number of esters is 1. The number of carbonyl (C=O) groups excluding carboxylic acids is 1. The molecule has 1 fully saturated rings. The zero-order chi connectivity index (χ0) is 14.0. The zero-order valence-corrected chi connectivity index (χ0v) is 12.9. The van der Waals surface area contributed by atoms with Gasteiger partial charge in [0.15, 0.2) is 0 Å². The summed E-state index contributed by atoms with van der Waals surface area (Å²) in [6.45, 7) is 0. The number of methoxy groups -OCH3 is 1. The van der Waals surface area contributed by atoms with E-state index in [-0.39, 0.29) is 17.2 Å². The van der Waals surface area contributed by atoms with Crippen molar-refractivity contribution in [2.24, 2.45) is 5.41 Å². The Labute approximate surface area is 124 Å². The molecule has 0 bridgehead atoms. The quantitative estimate of drug-likeness (QED) is 0.502. The van der Waals surface area contributed by atoms with E-state index in [1.165, 1.54) is 24.9 Å². The van der Waals surface area contributed by atoms with Gasteiger partial charge in [0.05, 0.1) is 18.0 Å². The van der Waals surface area contributed by atoms with Crippen molar-refractivity contribution in [1.82, 2.24) is 0 Å². The molecule has 0 aliphatic heterocycles. The second kappa shape index (κ2) is 5.71. The molecule has 0 aromatic heterocycles. The molecule has 0 unspecified atom stereocenters. The van der Waals surface area contributed by atoms with E-state index in [4.69, 9.17) is 10.5 Å². The molecular formula is C13H15BrFNO2S. The topological polar surface area (TPSA) is 52.3 Å². The van der Waals surface area contributed by atoms with Gasteiger partial charge in [0, 0.05) is 16.3 Å². The summed E-state index contributed by atoms with van der Waals surface area (Å²) in [7, 11) is 1.40. The molecule has 1 aromatic rings. The van der Waals surface area contributed by atoms with Crippen LogP contribution in [0, 0.1) is 11.2 Å². The lowest BCUT2D eigenvalue weighted by atomic mass is 10.1. The van der Waals surface area contributed by atoms with Crippen molar-refractivity contribution in [3.05, 3.63) is 22.4 Å². The van der Waals surface area contributed by atoms with Crippen molar-refractivity contribution in [2.75, 3.05) is 18.6 Å². The van der Waals surface area contributed by atoms with Crippen molar-refractivity contribution in [3.63, 3.8) is 0 Å². The summed E-state index contributed by atoms with van der Waals surface area (Å²) in [5.74, 6) is 0.246. The Morgan fingerprint density at radius 1 is 1.58 bits per heavy atom. The summed E-state index contributed by atoms with van der Waals surface area (Å²) < 4.78 is 18.5. The van der Waals surface area contributed by atoms with Gasteiger partial charge >= 0.3 is 5.97 Å². The van der Waals surface area contributed by atoms with Crippen LogP contribution < -0.4 is 5.73 Å². The van der Waals surface area contributed by atoms with Crippen LogP contribution in [-0.4, -0.2) is 18.8 Å². The third kappa shape index (κ3) is 3.63. The van der Waals surface area contributed by atoms with Crippen molar-refractivity contribution >= 4 is 39.3 Å². The van der Waals surface area contributed by atoms with Crippen LogP contribution in [0.15, 0.2) is 21.5 Å². The minimum Gasteiger partial charge on any atom is -0.469 e. The number of hydrogen-bond acceptors (Lipinski definition) is 4. The van der Waals surface area contributed by atoms with Gasteiger partial charge in [0.25, 0.3) is 0 Å². The first-order valence-electron chi connectivity index (χ1n) is 5.90. The van der Waals surface area contributed by atoms with E-state index >= 15 is 0 Å². The highest BCUT2D eigenvalue weighted by Gasteiger charge is 2.44. The highest BCUT2D eigenvalue weighted by atomic mass is 79.9. The Morgan fingerprint density at radius 3 is 2.84 bits per heavy atom. The van der Waals surface area contributed by atoms with Crippen LogP contribution in [0.1, 0.15) is 19.3 Å². The standard InChI is InChI=1S/C13H15BrFNO2S/c1-18-12(17)6-13(2-3-13)7-19-11-5-9(15)8(14)4-10(11)16/h4-5H,2-3,6-7,16H2,1H3. The molecule has 104 valence electrons. The van der Waals surface area contributed by atoms with E-state index in [9.17, 15) is 9.18 Å². The van der Waals surface area contributed by atoms with Crippen LogP contribution in [0.5, 0.6) is 0 Å². The normalized spacial score (nSPS) is 16.2. The molecule has 0 spiro atoms. The number of ether oxygens (including phenoxy) is 1. The smallest absolute Gasteiger partial charge is 0.306 e. The molecule has 1 aliphatic rings. The van der Waals surface area contributed by atoms with E-state index in [1.54, 1.807) is 6.07 Å². The largest absolute Gasteiger partial charge is 0.469 e. The highest BCUT2D eigenvalue weighted by molar-refractivity contribution is 9.10. The number of anilines is 1. The maximum atomic E-state index is 13.5. The third-order valence-corrected chi connectivity index (χ3v) is 5.32. The maximum absolute atomic E-state index is 13.5. The lowest BCUT2D eigenvalue weighted by Gasteiger charge is -2.14. The fourth-order valence-corrected chi connectivity index (χ4v) is 3.45. The molecule has 19 heavy (non-hydrogen) atoms. The first-order chi connectivity index (χ1) is 8.96. The first-order valence-corrected chi connectivity index (χ1v) is 7.68. The Bertz CT molecular complexity index is 506. The lowest BCUT2D eigenvalue weighted by Crippen LogP contribution is -2.13. The Morgan fingerprint density at radius 2 is 2.26 bits per heavy atom. The minimum absolute atomic E-state index is 0.00769. The monoisotopic (exact) mass is 347 g/mol. The van der Waals surface area contributed by atoms with Crippen LogP contribution in [0.25, 0.3) is 0 Å². The highest BCUT2D eigenvalue weighted by Crippen LogP contribution is 2.52. The van der Waals surface area contributed by atoms with Crippen molar-refractivity contribution in [2.45, 2.75) is 24.2 Å². The summed E-state index contributed by atoms with van der Waals surface area (Å²) in [5, 5.41) is 0. The molecule has 0 radical (unpaired) electrons. The molecule has 0 heterocycles. The lowest BCUT2D eigenvalue weighted by molar-refractivity contribution is -0.141. The van der Waals surface area contributed by atoms with E-state index in [1.807, 2.05) is 0 Å². The molecule has 0 amide bonds. The van der Waals surface area contributed by atoms with Crippen molar-refractivity contribution in [1.29, 1.82) is 0 Å². The zero-order valence-electron chi connectivity index (χ0n) is 10.5. The number of benzene rings is 1. The first kappa shape index (κ1) is 14.7. The van der Waals surface area contributed by atoms with Crippen molar-refractivity contribution in [3.8, 4) is 0 Å². The molecule has 0 atom stereocenters. The summed E-state index contributed by atoms with van der Waals surface area (Å²) in [6, 6.07) is 3.00. The second-order valence-corrected chi connectivity index (χ2v) is 6.72. The predicted molar refractivity (Wildman–Crippen MR) is 77.5 cm³/mol.